The minimum Gasteiger partial charge on any atom is -0.450 e. The maximum absolute atomic E-state index is 10.0. The van der Waals surface area contributed by atoms with E-state index in [4.69, 9.17) is 10.8 Å². The molecule has 4 nitrogen and oxygen atoms in total. The summed E-state index contributed by atoms with van der Waals surface area (Å²) < 4.78 is 4.48. The van der Waals surface area contributed by atoms with Crippen LogP contribution >= 0.6 is 11.8 Å². The fourth-order valence-corrected chi connectivity index (χ4v) is 1.97. The first-order valence-corrected chi connectivity index (χ1v) is 4.02. The fraction of sp³-hybridized carbons (Fsp3) is 0.800. The van der Waals surface area contributed by atoms with Crippen molar-refractivity contribution in [2.45, 2.75) is 17.9 Å². The van der Waals surface area contributed by atoms with Crippen LogP contribution in [0.4, 0.5) is 4.79 Å². The monoisotopic (exact) mass is 163 g/mol. The molecule has 0 aliphatic carbocycles. The van der Waals surface area contributed by atoms with E-state index in [1.165, 1.54) is 11.8 Å². The molecule has 2 unspecified atom stereocenters. The number of nitrogens with two attached hydrogens (primary N) is 1. The van der Waals surface area contributed by atoms with Gasteiger partial charge < -0.3 is 15.6 Å². The minimum atomic E-state index is -1.24. The first-order chi connectivity index (χ1) is 4.70. The Labute approximate surface area is 62.7 Å². The Balaban J connectivity index is 2.33. The number of ether oxygens (including phenoxy) is 1. The standard InChI is InChI=1S/C5H9NO3S/c6-3-1-2-10-4(3)9-5(7)8/h3-4H,1-2,6H2,(H,7,8). The van der Waals surface area contributed by atoms with Crippen LogP contribution in [0.3, 0.4) is 0 Å². The van der Waals surface area contributed by atoms with Gasteiger partial charge in [-0.1, -0.05) is 0 Å². The molecule has 1 rings (SSSR count). The smallest absolute Gasteiger partial charge is 0.450 e. The van der Waals surface area contributed by atoms with Crippen molar-refractivity contribution in [2.24, 2.45) is 5.73 Å². The molecule has 10 heavy (non-hydrogen) atoms. The maximum atomic E-state index is 10.0. The zero-order chi connectivity index (χ0) is 7.56. The average Bonchev–Trinajstić information content (AvgIpc) is 2.15. The predicted octanol–water partition coefficient (Wildman–Crippen LogP) is 0.471. The van der Waals surface area contributed by atoms with Gasteiger partial charge in [-0.3, -0.25) is 0 Å². The Kier molecular flexibility index (Phi) is 2.39. The van der Waals surface area contributed by atoms with Crippen molar-refractivity contribution in [2.75, 3.05) is 5.75 Å². The van der Waals surface area contributed by atoms with Crippen LogP contribution < -0.4 is 5.73 Å². The number of rotatable bonds is 1. The van der Waals surface area contributed by atoms with Crippen molar-refractivity contribution in [3.8, 4) is 0 Å². The summed E-state index contributed by atoms with van der Waals surface area (Å²) >= 11 is 1.45. The Hall–Kier alpha value is -0.420. The molecule has 1 saturated heterocycles. The van der Waals surface area contributed by atoms with E-state index in [1.807, 2.05) is 0 Å². The van der Waals surface area contributed by atoms with E-state index < -0.39 is 6.16 Å². The van der Waals surface area contributed by atoms with Crippen LogP contribution in [0.25, 0.3) is 0 Å². The highest BCUT2D eigenvalue weighted by Crippen LogP contribution is 2.26. The number of carboxylic acid groups (broad SMARTS) is 1. The third kappa shape index (κ3) is 1.78. The molecule has 0 aromatic carbocycles. The van der Waals surface area contributed by atoms with Crippen molar-refractivity contribution in [1.82, 2.24) is 0 Å². The van der Waals surface area contributed by atoms with Crippen LogP contribution in [0.15, 0.2) is 0 Å². The number of hydrogen-bond acceptors (Lipinski definition) is 4. The lowest BCUT2D eigenvalue weighted by Gasteiger charge is -2.11. The van der Waals surface area contributed by atoms with Crippen LogP contribution in [0.2, 0.25) is 0 Å². The van der Waals surface area contributed by atoms with Gasteiger partial charge >= 0.3 is 6.16 Å². The molecular formula is C5H9NO3S. The van der Waals surface area contributed by atoms with Gasteiger partial charge in [0, 0.05) is 0 Å². The molecule has 58 valence electrons. The van der Waals surface area contributed by atoms with Crippen molar-refractivity contribution in [1.29, 1.82) is 0 Å². The molecule has 0 aromatic rings. The van der Waals surface area contributed by atoms with Crippen molar-refractivity contribution in [3.63, 3.8) is 0 Å². The van der Waals surface area contributed by atoms with Gasteiger partial charge in [0.15, 0.2) is 5.44 Å². The zero-order valence-corrected chi connectivity index (χ0v) is 6.13. The second kappa shape index (κ2) is 3.12. The molecule has 3 N–H and O–H groups in total. The number of carbonyl (C=O) groups is 1. The molecule has 1 fully saturated rings. The van der Waals surface area contributed by atoms with Gasteiger partial charge in [-0.2, -0.15) is 0 Å². The van der Waals surface area contributed by atoms with Crippen LogP contribution in [0.5, 0.6) is 0 Å². The normalized spacial score (nSPS) is 32.1. The molecule has 2 atom stereocenters. The van der Waals surface area contributed by atoms with Crippen LogP contribution in [0, 0.1) is 0 Å². The van der Waals surface area contributed by atoms with Gasteiger partial charge in [0.2, 0.25) is 0 Å². The quantitative estimate of drug-likeness (QED) is 0.550. The van der Waals surface area contributed by atoms with Gasteiger partial charge in [0.05, 0.1) is 6.04 Å². The summed E-state index contributed by atoms with van der Waals surface area (Å²) in [5, 5.41) is 8.20. The Morgan fingerprint density at radius 3 is 2.90 bits per heavy atom. The van der Waals surface area contributed by atoms with Crippen LogP contribution in [-0.4, -0.2) is 28.5 Å². The molecule has 0 saturated carbocycles. The van der Waals surface area contributed by atoms with E-state index in [1.54, 1.807) is 0 Å². The van der Waals surface area contributed by atoms with E-state index >= 15 is 0 Å². The Morgan fingerprint density at radius 2 is 2.50 bits per heavy atom. The lowest BCUT2D eigenvalue weighted by Crippen LogP contribution is -2.31. The fourth-order valence-electron chi connectivity index (χ4n) is 0.801. The minimum absolute atomic E-state index is 0.124. The zero-order valence-electron chi connectivity index (χ0n) is 5.32. The summed E-state index contributed by atoms with van der Waals surface area (Å²) in [4.78, 5) is 10.0. The highest BCUT2D eigenvalue weighted by molar-refractivity contribution is 8.00. The summed E-state index contributed by atoms with van der Waals surface area (Å²) in [6.07, 6.45) is -0.405. The maximum Gasteiger partial charge on any atom is 0.506 e. The van der Waals surface area contributed by atoms with Gasteiger partial charge in [-0.25, -0.2) is 4.79 Å². The van der Waals surface area contributed by atoms with Crippen molar-refractivity contribution < 1.29 is 14.6 Å². The summed E-state index contributed by atoms with van der Waals surface area (Å²) in [5.41, 5.74) is 5.17. The van der Waals surface area contributed by atoms with Gasteiger partial charge in [0.1, 0.15) is 0 Å². The molecule has 0 amide bonds. The molecule has 0 radical (unpaired) electrons. The van der Waals surface area contributed by atoms with Crippen molar-refractivity contribution >= 4 is 17.9 Å². The van der Waals surface area contributed by atoms with E-state index in [0.717, 1.165) is 12.2 Å². The molecular weight excluding hydrogens is 154 g/mol. The van der Waals surface area contributed by atoms with E-state index in [2.05, 4.69) is 4.74 Å². The molecule has 0 aromatic heterocycles. The second-order valence-electron chi connectivity index (χ2n) is 2.08. The third-order valence-electron chi connectivity index (χ3n) is 1.30. The highest BCUT2D eigenvalue weighted by Gasteiger charge is 2.27. The summed E-state index contributed by atoms with van der Waals surface area (Å²) in [5.74, 6) is 0.888. The van der Waals surface area contributed by atoms with Crippen LogP contribution in [0.1, 0.15) is 6.42 Å². The van der Waals surface area contributed by atoms with Crippen LogP contribution in [-0.2, 0) is 4.74 Å². The van der Waals surface area contributed by atoms with Crippen molar-refractivity contribution in [3.05, 3.63) is 0 Å². The number of hydrogen-bond donors (Lipinski definition) is 2. The van der Waals surface area contributed by atoms with Gasteiger partial charge in [0.25, 0.3) is 0 Å². The highest BCUT2D eigenvalue weighted by atomic mass is 32.2. The summed E-state index contributed by atoms with van der Waals surface area (Å²) in [6.45, 7) is 0. The molecule has 1 heterocycles. The Morgan fingerprint density at radius 1 is 1.80 bits per heavy atom. The van der Waals surface area contributed by atoms with E-state index in [-0.39, 0.29) is 11.5 Å². The van der Waals surface area contributed by atoms with E-state index in [0.29, 0.717) is 0 Å². The average molecular weight is 163 g/mol. The summed E-state index contributed by atoms with van der Waals surface area (Å²) in [7, 11) is 0. The second-order valence-corrected chi connectivity index (χ2v) is 3.28. The SMILES string of the molecule is NC1CCSC1OC(=O)O. The largest absolute Gasteiger partial charge is 0.506 e. The molecule has 1 aliphatic rings. The number of thioether (sulfide) groups is 1. The lowest BCUT2D eigenvalue weighted by molar-refractivity contribution is 0.0765. The first-order valence-electron chi connectivity index (χ1n) is 2.97. The van der Waals surface area contributed by atoms with Gasteiger partial charge in [-0.05, 0) is 12.2 Å². The van der Waals surface area contributed by atoms with E-state index in [9.17, 15) is 4.79 Å². The molecule has 0 spiro atoms. The molecule has 0 bridgehead atoms. The first kappa shape index (κ1) is 7.68. The molecule has 1 aliphatic heterocycles. The predicted molar refractivity (Wildman–Crippen MR) is 37.9 cm³/mol. The Bertz CT molecular complexity index is 141. The van der Waals surface area contributed by atoms with Gasteiger partial charge in [-0.15, -0.1) is 11.8 Å². The molecule has 5 heteroatoms. The lowest BCUT2D eigenvalue weighted by atomic mass is 10.3. The summed E-state index contributed by atoms with van der Waals surface area (Å²) in [6, 6.07) is -0.124. The third-order valence-corrected chi connectivity index (χ3v) is 2.55. The topological polar surface area (TPSA) is 72.5 Å².